The third-order valence-electron chi connectivity index (χ3n) is 3.18. The predicted molar refractivity (Wildman–Crippen MR) is 36.5 cm³/mol. The maximum absolute atomic E-state index is 10.4. The van der Waals surface area contributed by atoms with Gasteiger partial charge in [-0.3, -0.25) is 0 Å². The number of carbonyl (C=O) groups excluding carboxylic acids is 1. The second-order valence-electron chi connectivity index (χ2n) is 3.56. The van der Waals surface area contributed by atoms with Crippen LogP contribution in [0.3, 0.4) is 0 Å². The van der Waals surface area contributed by atoms with Crippen molar-refractivity contribution < 1.29 is 9.90 Å². The molecule has 2 aliphatic rings. The van der Waals surface area contributed by atoms with Crippen LogP contribution in [-0.4, -0.2) is 17.0 Å². The molecular weight excluding hydrogens is 128 g/mol. The third kappa shape index (κ3) is 0.553. The van der Waals surface area contributed by atoms with Crippen molar-refractivity contribution >= 4 is 6.29 Å². The van der Waals surface area contributed by atoms with Gasteiger partial charge in [0.25, 0.3) is 0 Å². The van der Waals surface area contributed by atoms with Crippen LogP contribution in [-0.2, 0) is 4.79 Å². The average molecular weight is 140 g/mol. The third-order valence-corrected chi connectivity index (χ3v) is 3.18. The van der Waals surface area contributed by atoms with Gasteiger partial charge in [-0.15, -0.1) is 0 Å². The Hall–Kier alpha value is -0.370. The Labute approximate surface area is 60.2 Å². The Morgan fingerprint density at radius 2 is 2.40 bits per heavy atom. The Morgan fingerprint density at radius 3 is 3.00 bits per heavy atom. The van der Waals surface area contributed by atoms with E-state index < -0.39 is 5.60 Å². The lowest BCUT2D eigenvalue weighted by atomic mass is 9.63. The van der Waals surface area contributed by atoms with E-state index >= 15 is 0 Å². The SMILES string of the molecule is O=CC1CC2CCCC12O. The summed E-state index contributed by atoms with van der Waals surface area (Å²) < 4.78 is 0. The molecule has 0 aromatic carbocycles. The summed E-state index contributed by atoms with van der Waals surface area (Å²) in [5, 5.41) is 9.78. The van der Waals surface area contributed by atoms with Gasteiger partial charge in [0.05, 0.1) is 5.60 Å². The standard InChI is InChI=1S/C8H12O2/c9-5-7-4-6-2-1-3-8(6,7)10/h5-7,10H,1-4H2. The smallest absolute Gasteiger partial charge is 0.125 e. The monoisotopic (exact) mass is 140 g/mol. The highest BCUT2D eigenvalue weighted by molar-refractivity contribution is 5.58. The summed E-state index contributed by atoms with van der Waals surface area (Å²) in [7, 11) is 0. The summed E-state index contributed by atoms with van der Waals surface area (Å²) in [5.41, 5.74) is -0.568. The molecule has 0 bridgehead atoms. The van der Waals surface area contributed by atoms with E-state index in [0.717, 1.165) is 32.0 Å². The van der Waals surface area contributed by atoms with E-state index in [-0.39, 0.29) is 5.92 Å². The van der Waals surface area contributed by atoms with Crippen molar-refractivity contribution in [1.82, 2.24) is 0 Å². The van der Waals surface area contributed by atoms with Crippen LogP contribution in [0.1, 0.15) is 25.7 Å². The largest absolute Gasteiger partial charge is 0.389 e. The zero-order valence-corrected chi connectivity index (χ0v) is 5.92. The Morgan fingerprint density at radius 1 is 1.60 bits per heavy atom. The summed E-state index contributed by atoms with van der Waals surface area (Å²) in [5.74, 6) is 0.405. The first-order chi connectivity index (χ1) is 4.77. The van der Waals surface area contributed by atoms with E-state index in [0.29, 0.717) is 5.92 Å². The molecule has 2 saturated carbocycles. The highest BCUT2D eigenvalue weighted by atomic mass is 16.3. The van der Waals surface area contributed by atoms with Gasteiger partial charge in [-0.2, -0.15) is 0 Å². The molecule has 0 amide bonds. The van der Waals surface area contributed by atoms with Crippen LogP contribution in [0, 0.1) is 11.8 Å². The van der Waals surface area contributed by atoms with Crippen molar-refractivity contribution in [3.63, 3.8) is 0 Å². The molecular formula is C8H12O2. The molecule has 2 nitrogen and oxygen atoms in total. The number of fused-ring (bicyclic) bond motifs is 1. The van der Waals surface area contributed by atoms with Crippen LogP contribution in [0.2, 0.25) is 0 Å². The minimum Gasteiger partial charge on any atom is -0.389 e. The summed E-state index contributed by atoms with van der Waals surface area (Å²) in [4.78, 5) is 10.4. The molecule has 0 aromatic rings. The maximum atomic E-state index is 10.4. The lowest BCUT2D eigenvalue weighted by Crippen LogP contribution is -2.52. The molecule has 2 fully saturated rings. The maximum Gasteiger partial charge on any atom is 0.125 e. The number of aldehydes is 1. The summed E-state index contributed by atoms with van der Waals surface area (Å²) in [6, 6.07) is 0. The number of hydrogen-bond donors (Lipinski definition) is 1. The van der Waals surface area contributed by atoms with Gasteiger partial charge in [0.15, 0.2) is 0 Å². The quantitative estimate of drug-likeness (QED) is 0.545. The van der Waals surface area contributed by atoms with Gasteiger partial charge in [0.1, 0.15) is 6.29 Å². The molecule has 0 aromatic heterocycles. The van der Waals surface area contributed by atoms with E-state index in [9.17, 15) is 9.90 Å². The summed E-state index contributed by atoms with van der Waals surface area (Å²) >= 11 is 0. The predicted octanol–water partition coefficient (Wildman–Crippen LogP) is 0.736. The van der Waals surface area contributed by atoms with Crippen molar-refractivity contribution in [3.8, 4) is 0 Å². The highest BCUT2D eigenvalue weighted by Crippen LogP contribution is 2.53. The Balaban J connectivity index is 2.15. The average Bonchev–Trinajstić information content (AvgIpc) is 2.17. The van der Waals surface area contributed by atoms with E-state index in [4.69, 9.17) is 0 Å². The minimum absolute atomic E-state index is 0.0417. The van der Waals surface area contributed by atoms with Crippen LogP contribution >= 0.6 is 0 Å². The first kappa shape index (κ1) is 6.35. The van der Waals surface area contributed by atoms with Gasteiger partial charge in [0.2, 0.25) is 0 Å². The Kier molecular flexibility index (Phi) is 1.15. The van der Waals surface area contributed by atoms with Crippen molar-refractivity contribution in [1.29, 1.82) is 0 Å². The molecule has 10 heavy (non-hydrogen) atoms. The van der Waals surface area contributed by atoms with Crippen LogP contribution in [0.15, 0.2) is 0 Å². The van der Waals surface area contributed by atoms with E-state index in [1.165, 1.54) is 0 Å². The molecule has 2 aliphatic carbocycles. The fourth-order valence-corrected chi connectivity index (χ4v) is 2.42. The topological polar surface area (TPSA) is 37.3 Å². The number of hydrogen-bond acceptors (Lipinski definition) is 2. The minimum atomic E-state index is -0.568. The molecule has 0 aliphatic heterocycles. The van der Waals surface area contributed by atoms with Crippen molar-refractivity contribution in [2.24, 2.45) is 11.8 Å². The molecule has 3 unspecified atom stereocenters. The molecule has 3 atom stereocenters. The van der Waals surface area contributed by atoms with Crippen LogP contribution in [0.25, 0.3) is 0 Å². The summed E-state index contributed by atoms with van der Waals surface area (Å²) in [6.45, 7) is 0. The molecule has 0 spiro atoms. The normalized spacial score (nSPS) is 51.7. The zero-order chi connectivity index (χ0) is 7.19. The van der Waals surface area contributed by atoms with E-state index in [1.54, 1.807) is 0 Å². The van der Waals surface area contributed by atoms with Crippen LogP contribution in [0.4, 0.5) is 0 Å². The van der Waals surface area contributed by atoms with Crippen molar-refractivity contribution in [2.45, 2.75) is 31.3 Å². The van der Waals surface area contributed by atoms with Gasteiger partial charge in [-0.1, -0.05) is 6.42 Å². The van der Waals surface area contributed by atoms with Crippen LogP contribution < -0.4 is 0 Å². The summed E-state index contributed by atoms with van der Waals surface area (Å²) in [6.07, 6.45) is 4.93. The molecule has 0 radical (unpaired) electrons. The van der Waals surface area contributed by atoms with E-state index in [2.05, 4.69) is 0 Å². The second-order valence-corrected chi connectivity index (χ2v) is 3.56. The number of rotatable bonds is 1. The fourth-order valence-electron chi connectivity index (χ4n) is 2.42. The lowest BCUT2D eigenvalue weighted by Gasteiger charge is -2.45. The molecule has 0 saturated heterocycles. The zero-order valence-electron chi connectivity index (χ0n) is 5.92. The fraction of sp³-hybridized carbons (Fsp3) is 0.875. The van der Waals surface area contributed by atoms with Crippen molar-refractivity contribution in [3.05, 3.63) is 0 Å². The molecule has 1 N–H and O–H groups in total. The lowest BCUT2D eigenvalue weighted by molar-refractivity contribution is -0.148. The number of aliphatic hydroxyl groups is 1. The molecule has 0 heterocycles. The van der Waals surface area contributed by atoms with Crippen LogP contribution in [0.5, 0.6) is 0 Å². The van der Waals surface area contributed by atoms with Gasteiger partial charge in [-0.25, -0.2) is 0 Å². The van der Waals surface area contributed by atoms with Crippen molar-refractivity contribution in [2.75, 3.05) is 0 Å². The van der Waals surface area contributed by atoms with Gasteiger partial charge >= 0.3 is 0 Å². The molecule has 56 valence electrons. The second kappa shape index (κ2) is 1.82. The van der Waals surface area contributed by atoms with Gasteiger partial charge in [0, 0.05) is 5.92 Å². The molecule has 2 rings (SSSR count). The first-order valence-electron chi connectivity index (χ1n) is 3.95. The molecule has 2 heteroatoms. The van der Waals surface area contributed by atoms with Gasteiger partial charge in [-0.05, 0) is 25.2 Å². The Bertz CT molecular complexity index is 167. The highest BCUT2D eigenvalue weighted by Gasteiger charge is 2.55. The first-order valence-corrected chi connectivity index (χ1v) is 3.95. The van der Waals surface area contributed by atoms with Gasteiger partial charge < -0.3 is 9.90 Å². The number of carbonyl (C=O) groups is 1. The van der Waals surface area contributed by atoms with E-state index in [1.807, 2.05) is 0 Å².